The second kappa shape index (κ2) is 5.60. The van der Waals surface area contributed by atoms with Gasteiger partial charge < -0.3 is 9.47 Å². The minimum absolute atomic E-state index is 0.0903. The summed E-state index contributed by atoms with van der Waals surface area (Å²) in [5.74, 6) is 0. The molecule has 1 fully saturated rings. The van der Waals surface area contributed by atoms with Crippen molar-refractivity contribution in [1.82, 2.24) is 9.55 Å². The fraction of sp³-hybridized carbons (Fsp3) is 0.435. The summed E-state index contributed by atoms with van der Waals surface area (Å²) in [5, 5.41) is 0. The van der Waals surface area contributed by atoms with Crippen LogP contribution in [0.3, 0.4) is 0 Å². The lowest BCUT2D eigenvalue weighted by Crippen LogP contribution is -2.44. The van der Waals surface area contributed by atoms with Gasteiger partial charge in [0.25, 0.3) is 0 Å². The molecule has 3 heteroatoms. The standard InChI is InChI=1S/C23H27N3/c1-16-10-5-6-11-18(16)26-17(2)22-20(23(26)13-7-4-8-14-23)21-19(25(22)3)12-9-15-24-21/h5-6,9-12,15,17H,4,7-8,13-14H2,1-3H3. The molecule has 1 aromatic carbocycles. The monoisotopic (exact) mass is 345 g/mol. The lowest BCUT2D eigenvalue weighted by Gasteiger charge is -2.46. The van der Waals surface area contributed by atoms with Crippen molar-refractivity contribution >= 4 is 16.7 Å². The first-order valence-corrected chi connectivity index (χ1v) is 9.94. The lowest BCUT2D eigenvalue weighted by molar-refractivity contribution is 0.285. The van der Waals surface area contributed by atoms with Gasteiger partial charge in [0.2, 0.25) is 0 Å². The number of rotatable bonds is 1. The molecule has 1 aliphatic carbocycles. The number of para-hydroxylation sites is 1. The molecule has 1 spiro atoms. The summed E-state index contributed by atoms with van der Waals surface area (Å²) in [7, 11) is 2.22. The Morgan fingerprint density at radius 1 is 1.04 bits per heavy atom. The first-order valence-electron chi connectivity index (χ1n) is 9.94. The lowest BCUT2D eigenvalue weighted by atomic mass is 9.76. The maximum Gasteiger partial charge on any atom is 0.0940 e. The number of nitrogens with zero attached hydrogens (tertiary/aromatic N) is 3. The summed E-state index contributed by atoms with van der Waals surface area (Å²) in [5.41, 5.74) is 8.31. The minimum Gasteiger partial charge on any atom is -0.353 e. The van der Waals surface area contributed by atoms with Crippen LogP contribution in [-0.2, 0) is 12.6 Å². The highest BCUT2D eigenvalue weighted by molar-refractivity contribution is 5.86. The van der Waals surface area contributed by atoms with Crippen molar-refractivity contribution in [2.24, 2.45) is 7.05 Å². The summed E-state index contributed by atoms with van der Waals surface area (Å²) in [4.78, 5) is 7.60. The van der Waals surface area contributed by atoms with Crippen LogP contribution < -0.4 is 4.90 Å². The first-order chi connectivity index (χ1) is 12.6. The van der Waals surface area contributed by atoms with E-state index in [9.17, 15) is 0 Å². The van der Waals surface area contributed by atoms with Crippen molar-refractivity contribution in [3.8, 4) is 0 Å². The third-order valence-corrected chi connectivity index (χ3v) is 6.77. The van der Waals surface area contributed by atoms with Gasteiger partial charge >= 0.3 is 0 Å². The molecule has 0 N–H and O–H groups in total. The van der Waals surface area contributed by atoms with Crippen molar-refractivity contribution in [3.63, 3.8) is 0 Å². The summed E-state index contributed by atoms with van der Waals surface area (Å²) in [6.45, 7) is 4.63. The van der Waals surface area contributed by atoms with Gasteiger partial charge in [-0.25, -0.2) is 0 Å². The Hall–Kier alpha value is -2.29. The first kappa shape index (κ1) is 15.9. The van der Waals surface area contributed by atoms with Crippen LogP contribution in [0.2, 0.25) is 0 Å². The van der Waals surface area contributed by atoms with Gasteiger partial charge in [-0.1, -0.05) is 37.5 Å². The second-order valence-electron chi connectivity index (χ2n) is 8.12. The maximum absolute atomic E-state index is 4.86. The molecule has 2 aliphatic rings. The topological polar surface area (TPSA) is 21.1 Å². The van der Waals surface area contributed by atoms with E-state index < -0.39 is 0 Å². The molecule has 0 bridgehead atoms. The normalized spacial score (nSPS) is 21.5. The zero-order valence-electron chi connectivity index (χ0n) is 16.0. The maximum atomic E-state index is 4.86. The summed E-state index contributed by atoms with van der Waals surface area (Å²) in [6, 6.07) is 13.5. The van der Waals surface area contributed by atoms with Crippen LogP contribution in [0.5, 0.6) is 0 Å². The van der Waals surface area contributed by atoms with E-state index in [0.717, 1.165) is 0 Å². The molecule has 0 radical (unpaired) electrons. The van der Waals surface area contributed by atoms with Crippen LogP contribution in [0.4, 0.5) is 5.69 Å². The predicted molar refractivity (Wildman–Crippen MR) is 108 cm³/mol. The molecule has 5 rings (SSSR count). The molecule has 3 aromatic rings. The molecule has 1 atom stereocenters. The van der Waals surface area contributed by atoms with Gasteiger partial charge in [-0.2, -0.15) is 0 Å². The Kier molecular flexibility index (Phi) is 3.43. The van der Waals surface area contributed by atoms with E-state index in [-0.39, 0.29) is 5.54 Å². The summed E-state index contributed by atoms with van der Waals surface area (Å²) >= 11 is 0. The van der Waals surface area contributed by atoms with Gasteiger partial charge in [0, 0.05) is 30.2 Å². The Morgan fingerprint density at radius 2 is 1.81 bits per heavy atom. The van der Waals surface area contributed by atoms with E-state index in [1.54, 1.807) is 0 Å². The van der Waals surface area contributed by atoms with Crippen molar-refractivity contribution in [2.45, 2.75) is 57.5 Å². The van der Waals surface area contributed by atoms with Crippen molar-refractivity contribution in [3.05, 3.63) is 59.4 Å². The van der Waals surface area contributed by atoms with E-state index in [1.165, 1.54) is 65.6 Å². The van der Waals surface area contributed by atoms with Crippen molar-refractivity contribution in [2.75, 3.05) is 4.90 Å². The van der Waals surface area contributed by atoms with E-state index in [4.69, 9.17) is 4.98 Å². The molecule has 3 nitrogen and oxygen atoms in total. The molecule has 1 aliphatic heterocycles. The fourth-order valence-corrected chi connectivity index (χ4v) is 5.74. The van der Waals surface area contributed by atoms with Crippen LogP contribution in [0.25, 0.3) is 11.0 Å². The second-order valence-corrected chi connectivity index (χ2v) is 8.12. The van der Waals surface area contributed by atoms with E-state index in [2.05, 4.69) is 66.8 Å². The molecule has 1 saturated carbocycles. The number of aryl methyl sites for hydroxylation is 2. The summed E-state index contributed by atoms with van der Waals surface area (Å²) < 4.78 is 2.40. The highest BCUT2D eigenvalue weighted by Gasteiger charge is 2.52. The minimum atomic E-state index is 0.0903. The van der Waals surface area contributed by atoms with Crippen LogP contribution in [-0.4, -0.2) is 9.55 Å². The average molecular weight is 345 g/mol. The Labute approximate surface area is 155 Å². The molecule has 134 valence electrons. The number of anilines is 1. The number of hydrogen-bond acceptors (Lipinski definition) is 2. The molecule has 1 unspecified atom stereocenters. The van der Waals surface area contributed by atoms with Gasteiger partial charge in [-0.3, -0.25) is 4.98 Å². The third kappa shape index (κ3) is 1.92. The zero-order chi connectivity index (χ0) is 17.9. The number of fused-ring (bicyclic) bond motifs is 4. The van der Waals surface area contributed by atoms with Gasteiger partial charge in [-0.05, 0) is 50.5 Å². The van der Waals surface area contributed by atoms with Gasteiger partial charge in [0.05, 0.1) is 22.6 Å². The van der Waals surface area contributed by atoms with Crippen LogP contribution in [0.15, 0.2) is 42.6 Å². The Morgan fingerprint density at radius 3 is 2.58 bits per heavy atom. The number of benzene rings is 1. The van der Waals surface area contributed by atoms with Crippen LogP contribution in [0, 0.1) is 6.92 Å². The van der Waals surface area contributed by atoms with Crippen LogP contribution >= 0.6 is 0 Å². The predicted octanol–water partition coefficient (Wildman–Crippen LogP) is 5.62. The highest BCUT2D eigenvalue weighted by Crippen LogP contribution is 2.57. The van der Waals surface area contributed by atoms with Gasteiger partial charge in [0.15, 0.2) is 0 Å². The van der Waals surface area contributed by atoms with Crippen LogP contribution in [0.1, 0.15) is 61.9 Å². The largest absolute Gasteiger partial charge is 0.353 e. The SMILES string of the molecule is Cc1ccccc1N1C(C)c2c(c3ncccc3n2C)C12CCCCC2. The third-order valence-electron chi connectivity index (χ3n) is 6.77. The van der Waals surface area contributed by atoms with E-state index >= 15 is 0 Å². The molecule has 2 aromatic heterocycles. The number of hydrogen-bond donors (Lipinski definition) is 0. The molecule has 3 heterocycles. The van der Waals surface area contributed by atoms with E-state index in [0.29, 0.717) is 6.04 Å². The number of aromatic nitrogens is 2. The summed E-state index contributed by atoms with van der Waals surface area (Å²) in [6.07, 6.45) is 8.38. The number of pyridine rings is 1. The van der Waals surface area contributed by atoms with E-state index in [1.807, 2.05) is 6.20 Å². The quantitative estimate of drug-likeness (QED) is 0.570. The fourth-order valence-electron chi connectivity index (χ4n) is 5.74. The molecular weight excluding hydrogens is 318 g/mol. The molecule has 0 saturated heterocycles. The molecular formula is C23H27N3. The molecule has 0 amide bonds. The van der Waals surface area contributed by atoms with Crippen molar-refractivity contribution < 1.29 is 0 Å². The van der Waals surface area contributed by atoms with Crippen molar-refractivity contribution in [1.29, 1.82) is 0 Å². The smallest absolute Gasteiger partial charge is 0.0940 e. The zero-order valence-corrected chi connectivity index (χ0v) is 16.0. The Bertz CT molecular complexity index is 978. The molecule has 26 heavy (non-hydrogen) atoms. The van der Waals surface area contributed by atoms with Gasteiger partial charge in [0.1, 0.15) is 0 Å². The average Bonchev–Trinajstić information content (AvgIpc) is 3.09. The van der Waals surface area contributed by atoms with Gasteiger partial charge in [-0.15, -0.1) is 0 Å². The Balaban J connectivity index is 1.83. The highest BCUT2D eigenvalue weighted by atomic mass is 15.3.